The first-order valence-corrected chi connectivity index (χ1v) is 13.7. The van der Waals surface area contributed by atoms with Gasteiger partial charge in [0.05, 0.1) is 28.1 Å². The number of aromatic nitrogens is 4. The lowest BCUT2D eigenvalue weighted by molar-refractivity contribution is 1.08. The molecule has 0 atom stereocenters. The second kappa shape index (κ2) is 9.54. The molecule has 0 saturated carbocycles. The summed E-state index contributed by atoms with van der Waals surface area (Å²) in [6, 6.07) is 46.3. The van der Waals surface area contributed by atoms with Crippen molar-refractivity contribution in [3.8, 4) is 39.6 Å². The molecule has 0 bridgehead atoms. The van der Waals surface area contributed by atoms with Gasteiger partial charge in [-0.05, 0) is 64.4 Å². The third-order valence-electron chi connectivity index (χ3n) is 7.71. The fraction of sp³-hybridized carbons (Fsp3) is 0. The number of benzene rings is 4. The van der Waals surface area contributed by atoms with E-state index in [0.717, 1.165) is 55.8 Å². The Labute approximate surface area is 237 Å². The van der Waals surface area contributed by atoms with E-state index in [9.17, 15) is 0 Å². The van der Waals surface area contributed by atoms with Crippen LogP contribution in [-0.2, 0) is 0 Å². The Morgan fingerprint density at radius 1 is 0.463 bits per heavy atom. The monoisotopic (exact) mass is 524 g/mol. The van der Waals surface area contributed by atoms with Crippen LogP contribution in [-0.4, -0.2) is 19.5 Å². The van der Waals surface area contributed by atoms with E-state index in [0.29, 0.717) is 0 Å². The lowest BCUT2D eigenvalue weighted by Crippen LogP contribution is -1.99. The molecule has 4 heteroatoms. The molecule has 8 rings (SSSR count). The fourth-order valence-corrected chi connectivity index (χ4v) is 5.80. The molecule has 0 fully saturated rings. The van der Waals surface area contributed by atoms with Crippen LogP contribution >= 0.6 is 0 Å². The van der Waals surface area contributed by atoms with Crippen molar-refractivity contribution in [1.29, 1.82) is 0 Å². The SMILES string of the molecule is c1cc(-c2cccc(-n3c4ccccc4c4cnccc43)n2)nc(-c2ccccc2-c2ccc3ccccc3c2)c1. The van der Waals surface area contributed by atoms with Gasteiger partial charge in [-0.3, -0.25) is 9.55 Å². The Bertz CT molecular complexity index is 2170. The van der Waals surface area contributed by atoms with Gasteiger partial charge in [0.25, 0.3) is 0 Å². The largest absolute Gasteiger partial charge is 0.294 e. The quantitative estimate of drug-likeness (QED) is 0.231. The minimum Gasteiger partial charge on any atom is -0.294 e. The van der Waals surface area contributed by atoms with Crippen LogP contribution in [0.3, 0.4) is 0 Å². The zero-order valence-corrected chi connectivity index (χ0v) is 22.1. The summed E-state index contributed by atoms with van der Waals surface area (Å²) in [5.74, 6) is 0.851. The molecule has 0 spiro atoms. The molecule has 0 aliphatic heterocycles. The van der Waals surface area contributed by atoms with Gasteiger partial charge < -0.3 is 0 Å². The van der Waals surface area contributed by atoms with Gasteiger partial charge in [0, 0.05) is 28.7 Å². The van der Waals surface area contributed by atoms with Crippen molar-refractivity contribution in [2.75, 3.05) is 0 Å². The van der Waals surface area contributed by atoms with E-state index in [1.165, 1.54) is 16.3 Å². The second-order valence-electron chi connectivity index (χ2n) is 10.1. The summed E-state index contributed by atoms with van der Waals surface area (Å²) in [6.07, 6.45) is 3.76. The van der Waals surface area contributed by atoms with Crippen LogP contribution in [0, 0.1) is 0 Å². The lowest BCUT2D eigenvalue weighted by Gasteiger charge is -2.12. The van der Waals surface area contributed by atoms with Crippen molar-refractivity contribution in [2.45, 2.75) is 0 Å². The third kappa shape index (κ3) is 3.97. The highest BCUT2D eigenvalue weighted by atomic mass is 15.1. The van der Waals surface area contributed by atoms with Gasteiger partial charge in [-0.25, -0.2) is 9.97 Å². The molecular weight excluding hydrogens is 500 g/mol. The normalized spacial score (nSPS) is 11.4. The molecule has 4 heterocycles. The zero-order chi connectivity index (χ0) is 27.2. The Morgan fingerprint density at radius 2 is 1.17 bits per heavy atom. The number of fused-ring (bicyclic) bond motifs is 4. The first-order chi connectivity index (χ1) is 20.3. The van der Waals surface area contributed by atoms with E-state index >= 15 is 0 Å². The summed E-state index contributed by atoms with van der Waals surface area (Å²) >= 11 is 0. The molecule has 8 aromatic rings. The molecule has 0 saturated heterocycles. The maximum absolute atomic E-state index is 5.13. The van der Waals surface area contributed by atoms with Crippen molar-refractivity contribution in [1.82, 2.24) is 19.5 Å². The molecule has 0 radical (unpaired) electrons. The summed E-state index contributed by atoms with van der Waals surface area (Å²) in [5.41, 5.74) is 8.18. The van der Waals surface area contributed by atoms with E-state index in [2.05, 4.69) is 125 Å². The summed E-state index contributed by atoms with van der Waals surface area (Å²) < 4.78 is 2.20. The van der Waals surface area contributed by atoms with E-state index in [1.54, 1.807) is 0 Å². The average Bonchev–Trinajstić information content (AvgIpc) is 3.39. The Balaban J connectivity index is 1.24. The lowest BCUT2D eigenvalue weighted by atomic mass is 9.95. The Morgan fingerprint density at radius 3 is 2.10 bits per heavy atom. The van der Waals surface area contributed by atoms with Gasteiger partial charge in [0.15, 0.2) is 0 Å². The first-order valence-electron chi connectivity index (χ1n) is 13.7. The number of rotatable bonds is 4. The van der Waals surface area contributed by atoms with Crippen molar-refractivity contribution < 1.29 is 0 Å². The van der Waals surface area contributed by atoms with Crippen LogP contribution in [0.1, 0.15) is 0 Å². The highest BCUT2D eigenvalue weighted by Crippen LogP contribution is 2.34. The molecule has 4 aromatic carbocycles. The van der Waals surface area contributed by atoms with Crippen LogP contribution in [0.4, 0.5) is 0 Å². The van der Waals surface area contributed by atoms with Crippen LogP contribution in [0.25, 0.3) is 72.2 Å². The number of pyridine rings is 3. The second-order valence-corrected chi connectivity index (χ2v) is 10.1. The standard InChI is InChI=1S/C37H24N4/c1-2-10-26-23-27(20-19-25(26)9-1)28-11-3-4-12-29(28)32-14-7-15-33(39-32)34-16-8-18-37(40-34)41-35-17-6-5-13-30(35)31-24-38-22-21-36(31)41/h1-24H. The smallest absolute Gasteiger partial charge is 0.138 e. The zero-order valence-electron chi connectivity index (χ0n) is 22.1. The summed E-state index contributed by atoms with van der Waals surface area (Å²) in [4.78, 5) is 14.6. The number of nitrogens with zero attached hydrogens (tertiary/aromatic N) is 4. The molecule has 0 aliphatic rings. The van der Waals surface area contributed by atoms with Crippen molar-refractivity contribution in [3.05, 3.63) is 146 Å². The van der Waals surface area contributed by atoms with E-state index in [4.69, 9.17) is 9.97 Å². The van der Waals surface area contributed by atoms with E-state index in [-0.39, 0.29) is 0 Å². The summed E-state index contributed by atoms with van der Waals surface area (Å²) in [7, 11) is 0. The minimum absolute atomic E-state index is 0.826. The van der Waals surface area contributed by atoms with Crippen molar-refractivity contribution in [3.63, 3.8) is 0 Å². The predicted molar refractivity (Wildman–Crippen MR) is 168 cm³/mol. The Kier molecular flexibility index (Phi) is 5.42. The number of hydrogen-bond acceptors (Lipinski definition) is 3. The minimum atomic E-state index is 0.826. The van der Waals surface area contributed by atoms with Crippen LogP contribution in [0.5, 0.6) is 0 Å². The summed E-state index contributed by atoms with van der Waals surface area (Å²) in [6.45, 7) is 0. The summed E-state index contributed by atoms with van der Waals surface area (Å²) in [5, 5.41) is 4.73. The molecule has 0 N–H and O–H groups in total. The van der Waals surface area contributed by atoms with Gasteiger partial charge in [-0.1, -0.05) is 91.0 Å². The van der Waals surface area contributed by atoms with Gasteiger partial charge in [0.2, 0.25) is 0 Å². The van der Waals surface area contributed by atoms with Crippen LogP contribution in [0.15, 0.2) is 146 Å². The van der Waals surface area contributed by atoms with E-state index in [1.807, 2.05) is 30.6 Å². The fourth-order valence-electron chi connectivity index (χ4n) is 5.80. The van der Waals surface area contributed by atoms with Gasteiger partial charge in [-0.2, -0.15) is 0 Å². The molecule has 41 heavy (non-hydrogen) atoms. The molecule has 4 nitrogen and oxygen atoms in total. The van der Waals surface area contributed by atoms with E-state index < -0.39 is 0 Å². The van der Waals surface area contributed by atoms with Crippen LogP contribution in [0.2, 0.25) is 0 Å². The Hall–Kier alpha value is -5.61. The molecule has 0 aliphatic carbocycles. The van der Waals surface area contributed by atoms with Crippen LogP contribution < -0.4 is 0 Å². The maximum Gasteiger partial charge on any atom is 0.138 e. The topological polar surface area (TPSA) is 43.6 Å². The molecule has 4 aromatic heterocycles. The highest BCUT2D eigenvalue weighted by Gasteiger charge is 2.15. The highest BCUT2D eigenvalue weighted by molar-refractivity contribution is 6.08. The average molecular weight is 525 g/mol. The van der Waals surface area contributed by atoms with Crippen molar-refractivity contribution >= 4 is 32.6 Å². The molecular formula is C37H24N4. The van der Waals surface area contributed by atoms with Gasteiger partial charge in [-0.15, -0.1) is 0 Å². The maximum atomic E-state index is 5.13. The van der Waals surface area contributed by atoms with Gasteiger partial charge in [0.1, 0.15) is 5.82 Å². The molecule has 192 valence electrons. The number of hydrogen-bond donors (Lipinski definition) is 0. The third-order valence-corrected chi connectivity index (χ3v) is 7.71. The molecule has 0 amide bonds. The molecule has 0 unspecified atom stereocenters. The van der Waals surface area contributed by atoms with Crippen molar-refractivity contribution in [2.24, 2.45) is 0 Å². The van der Waals surface area contributed by atoms with Gasteiger partial charge >= 0.3 is 0 Å². The first kappa shape index (κ1) is 23.3. The number of para-hydroxylation sites is 1. The predicted octanol–water partition coefficient (Wildman–Crippen LogP) is 9.12.